The molecule has 0 atom stereocenters. The van der Waals surface area contributed by atoms with Crippen molar-refractivity contribution in [3.63, 3.8) is 0 Å². The summed E-state index contributed by atoms with van der Waals surface area (Å²) in [7, 11) is -0.792. The summed E-state index contributed by atoms with van der Waals surface area (Å²) in [5.41, 5.74) is 2.67. The summed E-state index contributed by atoms with van der Waals surface area (Å²) < 4.78 is 30.7. The minimum absolute atomic E-state index is 0.0132. The zero-order valence-corrected chi connectivity index (χ0v) is 18.6. The van der Waals surface area contributed by atoms with E-state index < -0.39 is 21.9 Å². The van der Waals surface area contributed by atoms with Gasteiger partial charge >= 0.3 is 5.97 Å². The predicted molar refractivity (Wildman–Crippen MR) is 122 cm³/mol. The maximum atomic E-state index is 12.3. The Bertz CT molecular complexity index is 1190. The van der Waals surface area contributed by atoms with Gasteiger partial charge < -0.3 is 10.1 Å². The Hall–Kier alpha value is -3.49. The lowest BCUT2D eigenvalue weighted by Crippen LogP contribution is -2.28. The molecule has 0 bridgehead atoms. The first-order valence-corrected chi connectivity index (χ1v) is 11.4. The van der Waals surface area contributed by atoms with E-state index in [1.165, 1.54) is 38.4 Å². The van der Waals surface area contributed by atoms with Gasteiger partial charge in [-0.25, -0.2) is 17.5 Å². The quantitative estimate of drug-likeness (QED) is 0.419. The molecule has 7 nitrogen and oxygen atoms in total. The van der Waals surface area contributed by atoms with Crippen LogP contribution in [0.25, 0.3) is 11.1 Å². The Labute approximate surface area is 187 Å². The van der Waals surface area contributed by atoms with Crippen molar-refractivity contribution in [1.82, 2.24) is 9.62 Å². The van der Waals surface area contributed by atoms with Crippen molar-refractivity contribution in [2.75, 3.05) is 27.2 Å². The van der Waals surface area contributed by atoms with Crippen LogP contribution in [-0.2, 0) is 14.8 Å². The van der Waals surface area contributed by atoms with E-state index in [-0.39, 0.29) is 23.6 Å². The Morgan fingerprint density at radius 1 is 0.844 bits per heavy atom. The first kappa shape index (κ1) is 23.2. The smallest absolute Gasteiger partial charge is 0.338 e. The number of carbonyl (C=O) groups excluding carboxylic acids is 2. The van der Waals surface area contributed by atoms with Gasteiger partial charge in [0.1, 0.15) is 6.61 Å². The molecular formula is C24H24N2O5S. The summed E-state index contributed by atoms with van der Waals surface area (Å²) >= 11 is 0. The number of benzene rings is 3. The zero-order valence-electron chi connectivity index (χ0n) is 17.8. The monoisotopic (exact) mass is 452 g/mol. The summed E-state index contributed by atoms with van der Waals surface area (Å²) in [6.07, 6.45) is 0. The molecule has 3 rings (SSSR count). The van der Waals surface area contributed by atoms with Crippen molar-refractivity contribution in [3.05, 3.63) is 90.0 Å². The van der Waals surface area contributed by atoms with Gasteiger partial charge in [-0.05, 0) is 41.5 Å². The summed E-state index contributed by atoms with van der Waals surface area (Å²) in [5, 5.41) is 2.62. The summed E-state index contributed by atoms with van der Waals surface area (Å²) in [6, 6.07) is 22.7. The minimum atomic E-state index is -3.64. The number of nitrogens with zero attached hydrogens (tertiary/aromatic N) is 1. The lowest BCUT2D eigenvalue weighted by Gasteiger charge is -2.12. The van der Waals surface area contributed by atoms with E-state index in [4.69, 9.17) is 4.74 Å². The molecule has 1 amide bonds. The highest BCUT2D eigenvalue weighted by molar-refractivity contribution is 7.89. The summed E-state index contributed by atoms with van der Waals surface area (Å²) in [4.78, 5) is 24.6. The van der Waals surface area contributed by atoms with Crippen molar-refractivity contribution >= 4 is 21.9 Å². The number of hydrogen-bond donors (Lipinski definition) is 1. The second-order valence-corrected chi connectivity index (χ2v) is 9.30. The van der Waals surface area contributed by atoms with Gasteiger partial charge in [0.2, 0.25) is 10.0 Å². The normalized spacial score (nSPS) is 11.2. The summed E-state index contributed by atoms with van der Waals surface area (Å²) in [6.45, 7) is 0.0814. The van der Waals surface area contributed by atoms with E-state index in [9.17, 15) is 18.0 Å². The second-order valence-electron chi connectivity index (χ2n) is 7.15. The molecule has 1 N–H and O–H groups in total. The molecule has 32 heavy (non-hydrogen) atoms. The van der Waals surface area contributed by atoms with Gasteiger partial charge in [0.15, 0.2) is 0 Å². The molecule has 0 saturated carbocycles. The number of hydrogen-bond acceptors (Lipinski definition) is 5. The maximum Gasteiger partial charge on any atom is 0.338 e. The van der Waals surface area contributed by atoms with E-state index in [0.29, 0.717) is 5.56 Å². The number of amides is 1. The number of carbonyl (C=O) groups is 2. The second kappa shape index (κ2) is 10.2. The van der Waals surface area contributed by atoms with Crippen LogP contribution >= 0.6 is 0 Å². The lowest BCUT2D eigenvalue weighted by molar-refractivity contribution is 0.0503. The van der Waals surface area contributed by atoms with Gasteiger partial charge in [0, 0.05) is 19.7 Å². The lowest BCUT2D eigenvalue weighted by atomic mass is 10.0. The fourth-order valence-corrected chi connectivity index (χ4v) is 3.88. The zero-order chi connectivity index (χ0) is 23.1. The number of sulfonamides is 1. The Kier molecular flexibility index (Phi) is 7.40. The van der Waals surface area contributed by atoms with Crippen LogP contribution in [0.4, 0.5) is 0 Å². The third-order valence-electron chi connectivity index (χ3n) is 4.72. The van der Waals surface area contributed by atoms with E-state index >= 15 is 0 Å². The van der Waals surface area contributed by atoms with Gasteiger partial charge in [-0.3, -0.25) is 4.79 Å². The van der Waals surface area contributed by atoms with E-state index in [2.05, 4.69) is 5.32 Å². The van der Waals surface area contributed by atoms with Crippen molar-refractivity contribution in [3.8, 4) is 11.1 Å². The molecule has 8 heteroatoms. The maximum absolute atomic E-state index is 12.3. The largest absolute Gasteiger partial charge is 0.460 e. The third kappa shape index (κ3) is 5.60. The van der Waals surface area contributed by atoms with Crippen LogP contribution in [0.1, 0.15) is 20.7 Å². The molecule has 0 radical (unpaired) electrons. The van der Waals surface area contributed by atoms with Crippen LogP contribution in [0.15, 0.2) is 83.8 Å². The van der Waals surface area contributed by atoms with E-state index in [1.807, 2.05) is 42.5 Å². The fraction of sp³-hybridized carbons (Fsp3) is 0.167. The van der Waals surface area contributed by atoms with Crippen molar-refractivity contribution in [1.29, 1.82) is 0 Å². The van der Waals surface area contributed by atoms with Crippen LogP contribution in [0, 0.1) is 0 Å². The minimum Gasteiger partial charge on any atom is -0.460 e. The van der Waals surface area contributed by atoms with Crippen LogP contribution < -0.4 is 5.32 Å². The third-order valence-corrected chi connectivity index (χ3v) is 6.53. The SMILES string of the molecule is CN(C)S(=O)(=O)c1cccc(C(=O)NCCOC(=O)c2ccc(-c3ccccc3)cc2)c1. The molecule has 3 aromatic carbocycles. The number of esters is 1. The van der Waals surface area contributed by atoms with E-state index in [0.717, 1.165) is 15.4 Å². The Morgan fingerprint density at radius 3 is 2.16 bits per heavy atom. The van der Waals surface area contributed by atoms with Crippen LogP contribution in [-0.4, -0.2) is 51.8 Å². The molecular weight excluding hydrogens is 428 g/mol. The topological polar surface area (TPSA) is 92.8 Å². The molecule has 0 fully saturated rings. The summed E-state index contributed by atoms with van der Waals surface area (Å²) in [5.74, 6) is -0.943. The Morgan fingerprint density at radius 2 is 1.50 bits per heavy atom. The molecule has 3 aromatic rings. The Balaban J connectivity index is 1.51. The molecule has 0 saturated heterocycles. The molecule has 0 aliphatic carbocycles. The number of rotatable bonds is 8. The molecule has 0 aromatic heterocycles. The van der Waals surface area contributed by atoms with Crippen LogP contribution in [0.5, 0.6) is 0 Å². The van der Waals surface area contributed by atoms with Gasteiger partial charge in [-0.2, -0.15) is 0 Å². The van der Waals surface area contributed by atoms with Gasteiger partial charge in [-0.1, -0.05) is 48.5 Å². The van der Waals surface area contributed by atoms with Gasteiger partial charge in [-0.15, -0.1) is 0 Å². The molecule has 0 aliphatic heterocycles. The van der Waals surface area contributed by atoms with Crippen molar-refractivity contribution in [2.24, 2.45) is 0 Å². The average Bonchev–Trinajstić information content (AvgIpc) is 2.82. The number of nitrogens with one attached hydrogen (secondary N) is 1. The molecule has 0 heterocycles. The molecule has 0 spiro atoms. The molecule has 166 valence electrons. The standard InChI is InChI=1S/C24H24N2O5S/c1-26(2)32(29,30)22-10-6-9-21(17-22)23(27)25-15-16-31-24(28)20-13-11-19(12-14-20)18-7-4-3-5-8-18/h3-14,17H,15-16H2,1-2H3,(H,25,27). The molecule has 0 aliphatic rings. The average molecular weight is 453 g/mol. The highest BCUT2D eigenvalue weighted by atomic mass is 32.2. The van der Waals surface area contributed by atoms with E-state index in [1.54, 1.807) is 12.1 Å². The first-order chi connectivity index (χ1) is 15.3. The van der Waals surface area contributed by atoms with Gasteiger partial charge in [0.05, 0.1) is 17.0 Å². The highest BCUT2D eigenvalue weighted by Gasteiger charge is 2.18. The first-order valence-electron chi connectivity index (χ1n) is 9.92. The predicted octanol–water partition coefficient (Wildman–Crippen LogP) is 3.19. The van der Waals surface area contributed by atoms with Crippen molar-refractivity contribution in [2.45, 2.75) is 4.90 Å². The van der Waals surface area contributed by atoms with Crippen LogP contribution in [0.3, 0.4) is 0 Å². The number of ether oxygens (including phenoxy) is 1. The van der Waals surface area contributed by atoms with Crippen molar-refractivity contribution < 1.29 is 22.7 Å². The highest BCUT2D eigenvalue weighted by Crippen LogP contribution is 2.19. The molecule has 0 unspecified atom stereocenters. The van der Waals surface area contributed by atoms with Crippen LogP contribution in [0.2, 0.25) is 0 Å². The van der Waals surface area contributed by atoms with Gasteiger partial charge in [0.25, 0.3) is 5.91 Å². The fourth-order valence-electron chi connectivity index (χ4n) is 2.93.